The summed E-state index contributed by atoms with van der Waals surface area (Å²) in [5, 5.41) is 9.76. The number of carbonyl (C=O) groups is 2. The van der Waals surface area contributed by atoms with E-state index in [0.717, 1.165) is 23.2 Å². The van der Waals surface area contributed by atoms with E-state index in [4.69, 9.17) is 0 Å². The molecule has 0 saturated carbocycles. The van der Waals surface area contributed by atoms with Gasteiger partial charge in [0.2, 0.25) is 0 Å². The molecular formula is C34H42F2N2O4. The number of likely N-dealkylation sites (N-methyl/N-ethyl adjacent to an activating group) is 1. The van der Waals surface area contributed by atoms with Crippen LogP contribution in [0.15, 0.2) is 41.3 Å². The predicted octanol–water partition coefficient (Wildman–Crippen LogP) is 6.69. The Bertz CT molecular complexity index is 1500. The van der Waals surface area contributed by atoms with Crippen molar-refractivity contribution in [1.29, 1.82) is 0 Å². The molecule has 1 aromatic heterocycles. The van der Waals surface area contributed by atoms with Crippen molar-refractivity contribution >= 4 is 11.8 Å². The molecule has 2 aromatic carbocycles. The monoisotopic (exact) mass is 580 g/mol. The highest BCUT2D eigenvalue weighted by molar-refractivity contribution is 5.84. The standard InChI is InChI=1S/C34H42F2N2O4/c1-8-9-29(38-19-24(10-11-37(6)7)20(2)15-31(38)40)30(39)17-25(18-32(41)42)28-16-26(12-23(5)34(28)36)33-21(3)13-27(35)14-22(33)4/h12-16,19,25,29H,8-11,17-18H2,1-7H3,(H,41,42)/t25-,29?/m0/s1. The number of hydrogen-bond acceptors (Lipinski definition) is 4. The predicted molar refractivity (Wildman–Crippen MR) is 162 cm³/mol. The maximum atomic E-state index is 15.7. The van der Waals surface area contributed by atoms with E-state index in [1.54, 1.807) is 39.1 Å². The normalized spacial score (nSPS) is 12.9. The molecular weight excluding hydrogens is 538 g/mol. The molecule has 3 aromatic rings. The quantitative estimate of drug-likeness (QED) is 0.244. The smallest absolute Gasteiger partial charge is 0.303 e. The van der Waals surface area contributed by atoms with Gasteiger partial charge in [-0.3, -0.25) is 14.4 Å². The number of carboxylic acid groups (broad SMARTS) is 1. The summed E-state index contributed by atoms with van der Waals surface area (Å²) in [5.41, 5.74) is 4.65. The van der Waals surface area contributed by atoms with Crippen LogP contribution in [0.4, 0.5) is 8.78 Å². The van der Waals surface area contributed by atoms with Gasteiger partial charge in [0.05, 0.1) is 12.5 Å². The second-order valence-electron chi connectivity index (χ2n) is 11.7. The van der Waals surface area contributed by atoms with E-state index >= 15 is 4.39 Å². The molecule has 0 aliphatic carbocycles. The van der Waals surface area contributed by atoms with Crippen molar-refractivity contribution in [2.75, 3.05) is 20.6 Å². The fourth-order valence-electron chi connectivity index (χ4n) is 5.75. The van der Waals surface area contributed by atoms with Crippen LogP contribution in [0.3, 0.4) is 0 Å². The van der Waals surface area contributed by atoms with E-state index in [9.17, 15) is 23.9 Å². The third kappa shape index (κ3) is 7.79. The summed E-state index contributed by atoms with van der Waals surface area (Å²) in [6.07, 6.45) is 2.77. The molecule has 1 N–H and O–H groups in total. The molecule has 0 saturated heterocycles. The molecule has 1 unspecified atom stereocenters. The first-order valence-electron chi connectivity index (χ1n) is 14.4. The van der Waals surface area contributed by atoms with Crippen LogP contribution >= 0.6 is 0 Å². The maximum absolute atomic E-state index is 15.7. The molecule has 42 heavy (non-hydrogen) atoms. The molecule has 1 heterocycles. The molecule has 2 atom stereocenters. The zero-order valence-electron chi connectivity index (χ0n) is 25.7. The second kappa shape index (κ2) is 14.0. The number of nitrogens with zero attached hydrogens (tertiary/aromatic N) is 2. The number of aromatic nitrogens is 1. The number of benzene rings is 2. The molecule has 0 aliphatic heterocycles. The molecule has 0 fully saturated rings. The number of hydrogen-bond donors (Lipinski definition) is 1. The van der Waals surface area contributed by atoms with E-state index in [1.807, 2.05) is 32.8 Å². The highest BCUT2D eigenvalue weighted by atomic mass is 19.1. The van der Waals surface area contributed by atoms with Gasteiger partial charge in [-0.05, 0) is 123 Å². The lowest BCUT2D eigenvalue weighted by atomic mass is 9.84. The summed E-state index contributed by atoms with van der Waals surface area (Å²) in [7, 11) is 3.93. The van der Waals surface area contributed by atoms with E-state index in [2.05, 4.69) is 0 Å². The third-order valence-electron chi connectivity index (χ3n) is 7.87. The summed E-state index contributed by atoms with van der Waals surface area (Å²) < 4.78 is 31.1. The van der Waals surface area contributed by atoms with Crippen molar-refractivity contribution < 1.29 is 23.5 Å². The van der Waals surface area contributed by atoms with Crippen LogP contribution in [-0.4, -0.2) is 47.0 Å². The molecule has 0 spiro atoms. The Morgan fingerprint density at radius 2 is 1.57 bits per heavy atom. The minimum Gasteiger partial charge on any atom is -0.481 e. The SMILES string of the molecule is CCCC(C(=O)C[C@@H](CC(=O)O)c1cc(-c2c(C)cc(F)cc2C)cc(C)c1F)n1cc(CCN(C)C)c(C)cc1=O. The summed E-state index contributed by atoms with van der Waals surface area (Å²) in [6, 6.07) is 6.79. The Balaban J connectivity index is 2.08. The molecule has 0 aliphatic rings. The Morgan fingerprint density at radius 3 is 2.14 bits per heavy atom. The molecule has 3 rings (SSSR count). The summed E-state index contributed by atoms with van der Waals surface area (Å²) >= 11 is 0. The first-order valence-corrected chi connectivity index (χ1v) is 14.4. The lowest BCUT2D eigenvalue weighted by molar-refractivity contribution is -0.137. The fraction of sp³-hybridized carbons (Fsp3) is 0.441. The summed E-state index contributed by atoms with van der Waals surface area (Å²) in [5.74, 6) is -3.37. The number of ketones is 1. The topological polar surface area (TPSA) is 79.6 Å². The number of aryl methyl sites for hydroxylation is 4. The number of rotatable bonds is 13. The van der Waals surface area contributed by atoms with Crippen molar-refractivity contribution in [2.24, 2.45) is 0 Å². The number of Topliss-reactive ketones (excluding diaryl/α,β-unsaturated/α-hetero) is 1. The van der Waals surface area contributed by atoms with Gasteiger partial charge in [0, 0.05) is 31.1 Å². The van der Waals surface area contributed by atoms with Gasteiger partial charge in [0.25, 0.3) is 5.56 Å². The number of carboxylic acids is 1. The van der Waals surface area contributed by atoms with Crippen molar-refractivity contribution in [2.45, 2.75) is 78.7 Å². The van der Waals surface area contributed by atoms with Gasteiger partial charge >= 0.3 is 5.97 Å². The molecule has 8 heteroatoms. The largest absolute Gasteiger partial charge is 0.481 e. The average Bonchev–Trinajstić information content (AvgIpc) is 2.87. The average molecular weight is 581 g/mol. The lowest BCUT2D eigenvalue weighted by Crippen LogP contribution is -2.31. The van der Waals surface area contributed by atoms with Crippen LogP contribution < -0.4 is 5.56 Å². The van der Waals surface area contributed by atoms with E-state index in [0.29, 0.717) is 41.5 Å². The lowest BCUT2D eigenvalue weighted by Gasteiger charge is -2.24. The zero-order valence-corrected chi connectivity index (χ0v) is 25.7. The van der Waals surface area contributed by atoms with Gasteiger partial charge in [0.1, 0.15) is 11.6 Å². The van der Waals surface area contributed by atoms with Gasteiger partial charge in [-0.25, -0.2) is 8.78 Å². The summed E-state index contributed by atoms with van der Waals surface area (Å²) in [4.78, 5) is 41.0. The number of aliphatic carboxylic acids is 1. The van der Waals surface area contributed by atoms with E-state index in [-0.39, 0.29) is 29.1 Å². The van der Waals surface area contributed by atoms with Crippen molar-refractivity contribution in [3.05, 3.63) is 91.9 Å². The molecule has 0 amide bonds. The molecule has 0 bridgehead atoms. The van der Waals surface area contributed by atoms with Crippen molar-refractivity contribution in [1.82, 2.24) is 9.47 Å². The highest BCUT2D eigenvalue weighted by Gasteiger charge is 2.29. The summed E-state index contributed by atoms with van der Waals surface area (Å²) in [6.45, 7) is 9.69. The molecule has 226 valence electrons. The number of halogens is 2. The van der Waals surface area contributed by atoms with Crippen LogP contribution in [0, 0.1) is 39.3 Å². The van der Waals surface area contributed by atoms with Crippen LogP contribution in [0.1, 0.15) is 77.9 Å². The van der Waals surface area contributed by atoms with Gasteiger partial charge in [-0.2, -0.15) is 0 Å². The van der Waals surface area contributed by atoms with E-state index < -0.39 is 30.2 Å². The number of carbonyl (C=O) groups excluding carboxylic acids is 1. The van der Waals surface area contributed by atoms with Gasteiger partial charge in [-0.1, -0.05) is 13.3 Å². The Hall–Kier alpha value is -3.65. The number of pyridine rings is 1. The Morgan fingerprint density at radius 1 is 0.929 bits per heavy atom. The van der Waals surface area contributed by atoms with Gasteiger partial charge < -0.3 is 14.6 Å². The minimum absolute atomic E-state index is 0.127. The Labute approximate surface area is 247 Å². The maximum Gasteiger partial charge on any atom is 0.303 e. The van der Waals surface area contributed by atoms with Crippen LogP contribution in [0.5, 0.6) is 0 Å². The first kappa shape index (κ1) is 32.9. The third-order valence-corrected chi connectivity index (χ3v) is 7.87. The first-order chi connectivity index (χ1) is 19.7. The zero-order chi connectivity index (χ0) is 31.3. The van der Waals surface area contributed by atoms with Crippen molar-refractivity contribution in [3.63, 3.8) is 0 Å². The Kier molecular flexibility index (Phi) is 11.0. The minimum atomic E-state index is -1.16. The van der Waals surface area contributed by atoms with Crippen LogP contribution in [-0.2, 0) is 16.0 Å². The molecule has 6 nitrogen and oxygen atoms in total. The van der Waals surface area contributed by atoms with Crippen molar-refractivity contribution in [3.8, 4) is 11.1 Å². The van der Waals surface area contributed by atoms with Gasteiger partial charge in [0.15, 0.2) is 5.78 Å². The van der Waals surface area contributed by atoms with Crippen LogP contribution in [0.25, 0.3) is 11.1 Å². The van der Waals surface area contributed by atoms with E-state index in [1.165, 1.54) is 22.8 Å². The van der Waals surface area contributed by atoms with Crippen LogP contribution in [0.2, 0.25) is 0 Å². The fourth-order valence-corrected chi connectivity index (χ4v) is 5.75. The molecule has 0 radical (unpaired) electrons. The highest BCUT2D eigenvalue weighted by Crippen LogP contribution is 2.36. The second-order valence-corrected chi connectivity index (χ2v) is 11.7. The van der Waals surface area contributed by atoms with Gasteiger partial charge in [-0.15, -0.1) is 0 Å².